The highest BCUT2D eigenvalue weighted by atomic mass is 35.6. The van der Waals surface area contributed by atoms with Gasteiger partial charge in [0.15, 0.2) is 16.6 Å². The zero-order chi connectivity index (χ0) is 24.8. The lowest BCUT2D eigenvalue weighted by Crippen LogP contribution is -2.56. The van der Waals surface area contributed by atoms with Crippen molar-refractivity contribution in [2.24, 2.45) is 0 Å². The summed E-state index contributed by atoms with van der Waals surface area (Å²) >= 11 is 23.2. The van der Waals surface area contributed by atoms with E-state index in [0.717, 1.165) is 0 Å². The number of thiocarbonyl (C=S) groups is 1. The van der Waals surface area contributed by atoms with Crippen molar-refractivity contribution in [3.8, 4) is 17.2 Å². The molecule has 2 aromatic rings. The third-order valence-corrected chi connectivity index (χ3v) is 4.99. The Morgan fingerprint density at radius 1 is 1.06 bits per heavy atom. The quantitative estimate of drug-likeness (QED) is 0.150. The van der Waals surface area contributed by atoms with E-state index in [1.54, 1.807) is 6.07 Å². The number of hydrogen-bond acceptors (Lipinski definition) is 7. The Hall–Kier alpha value is -2.73. The number of anilines is 1. The minimum Gasteiger partial charge on any atom is -0.493 e. The van der Waals surface area contributed by atoms with E-state index in [0.29, 0.717) is 11.4 Å². The van der Waals surface area contributed by atoms with Crippen molar-refractivity contribution in [3.05, 3.63) is 52.1 Å². The molecule has 2 rings (SSSR count). The standard InChI is InChI=1S/C19H19Cl3N4O6S/c1-30-13-7-10(8-14(31-2)15(13)32-3)16(27)24-17(19(20,21)22)25-18(33)23-11-5-4-6-12(9-11)26(28)29/h4-9,17H,1-3H3,(H,24,27)(H2,23,25,33). The topological polar surface area (TPSA) is 124 Å². The third-order valence-electron chi connectivity index (χ3n) is 4.12. The number of nitro benzene ring substituents is 1. The molecule has 0 saturated carbocycles. The number of carbonyl (C=O) groups excluding carboxylic acids is 1. The predicted octanol–water partition coefficient (Wildman–Crippen LogP) is 4.03. The molecule has 178 valence electrons. The molecule has 1 amide bonds. The smallest absolute Gasteiger partial charge is 0.271 e. The van der Waals surface area contributed by atoms with Gasteiger partial charge in [-0.25, -0.2) is 0 Å². The Morgan fingerprint density at radius 3 is 2.15 bits per heavy atom. The lowest BCUT2D eigenvalue weighted by atomic mass is 10.1. The van der Waals surface area contributed by atoms with Gasteiger partial charge in [-0.15, -0.1) is 0 Å². The van der Waals surface area contributed by atoms with Crippen LogP contribution in [-0.4, -0.2) is 47.2 Å². The molecule has 0 bridgehead atoms. The summed E-state index contributed by atoms with van der Waals surface area (Å²) in [6.45, 7) is 0. The maximum absolute atomic E-state index is 12.9. The Balaban J connectivity index is 2.21. The molecule has 0 spiro atoms. The van der Waals surface area contributed by atoms with Gasteiger partial charge in [0, 0.05) is 23.4 Å². The van der Waals surface area contributed by atoms with Crippen LogP contribution in [-0.2, 0) is 0 Å². The van der Waals surface area contributed by atoms with Crippen LogP contribution in [0.1, 0.15) is 10.4 Å². The van der Waals surface area contributed by atoms with Crippen LogP contribution < -0.4 is 30.2 Å². The lowest BCUT2D eigenvalue weighted by molar-refractivity contribution is -0.384. The Morgan fingerprint density at radius 2 is 1.67 bits per heavy atom. The highest BCUT2D eigenvalue weighted by Crippen LogP contribution is 2.38. The van der Waals surface area contributed by atoms with Crippen LogP contribution in [0.4, 0.5) is 11.4 Å². The van der Waals surface area contributed by atoms with Crippen LogP contribution >= 0.6 is 47.0 Å². The molecular formula is C19H19Cl3N4O6S. The summed E-state index contributed by atoms with van der Waals surface area (Å²) in [5.41, 5.74) is 0.306. The molecule has 0 heterocycles. The summed E-state index contributed by atoms with van der Waals surface area (Å²) in [7, 11) is 4.24. The highest BCUT2D eigenvalue weighted by molar-refractivity contribution is 7.80. The van der Waals surface area contributed by atoms with Gasteiger partial charge in [0.2, 0.25) is 9.54 Å². The van der Waals surface area contributed by atoms with Gasteiger partial charge in [-0.3, -0.25) is 14.9 Å². The van der Waals surface area contributed by atoms with Crippen molar-refractivity contribution in [1.82, 2.24) is 10.6 Å². The Bertz CT molecular complexity index is 1030. The zero-order valence-electron chi connectivity index (χ0n) is 17.5. The van der Waals surface area contributed by atoms with Crippen molar-refractivity contribution in [2.75, 3.05) is 26.6 Å². The molecule has 0 fully saturated rings. The number of nitrogens with one attached hydrogen (secondary N) is 3. The van der Waals surface area contributed by atoms with Crippen molar-refractivity contribution in [1.29, 1.82) is 0 Å². The Kier molecular flexibility index (Phi) is 9.17. The number of nitrogens with zero attached hydrogens (tertiary/aromatic N) is 1. The number of amides is 1. The van der Waals surface area contributed by atoms with Crippen molar-refractivity contribution in [3.63, 3.8) is 0 Å². The fourth-order valence-corrected chi connectivity index (χ4v) is 3.18. The molecule has 10 nitrogen and oxygen atoms in total. The first kappa shape index (κ1) is 26.5. The van der Waals surface area contributed by atoms with Crippen molar-refractivity contribution >= 4 is 69.4 Å². The third kappa shape index (κ3) is 7.13. The van der Waals surface area contributed by atoms with Crippen molar-refractivity contribution in [2.45, 2.75) is 9.96 Å². The summed E-state index contributed by atoms with van der Waals surface area (Å²) < 4.78 is 13.7. The first-order chi connectivity index (χ1) is 15.5. The van der Waals surface area contributed by atoms with Gasteiger partial charge < -0.3 is 30.2 Å². The Labute approximate surface area is 209 Å². The molecule has 2 aromatic carbocycles. The first-order valence-corrected chi connectivity index (χ1v) is 10.5. The minimum atomic E-state index is -2.02. The molecule has 1 unspecified atom stereocenters. The second-order valence-corrected chi connectivity index (χ2v) is 9.05. The molecule has 0 aliphatic heterocycles. The molecular weight excluding hydrogens is 519 g/mol. The first-order valence-electron chi connectivity index (χ1n) is 8.99. The highest BCUT2D eigenvalue weighted by Gasteiger charge is 2.35. The number of rotatable bonds is 8. The van der Waals surface area contributed by atoms with E-state index in [9.17, 15) is 14.9 Å². The van der Waals surface area contributed by atoms with Crippen molar-refractivity contribution < 1.29 is 23.9 Å². The summed E-state index contributed by atoms with van der Waals surface area (Å²) in [5.74, 6) is 0.165. The van der Waals surface area contributed by atoms with Crippen LogP contribution in [0.25, 0.3) is 0 Å². The molecule has 3 N–H and O–H groups in total. The zero-order valence-corrected chi connectivity index (χ0v) is 20.6. The SMILES string of the molecule is COc1cc(C(=O)NC(NC(=S)Nc2cccc([N+](=O)[O-])c2)C(Cl)(Cl)Cl)cc(OC)c1OC. The van der Waals surface area contributed by atoms with E-state index < -0.39 is 20.8 Å². The fraction of sp³-hybridized carbons (Fsp3) is 0.263. The van der Waals surface area contributed by atoms with Crippen LogP contribution in [0, 0.1) is 10.1 Å². The molecule has 33 heavy (non-hydrogen) atoms. The van der Waals surface area contributed by atoms with Crippen LogP contribution in [0.2, 0.25) is 0 Å². The number of benzene rings is 2. The molecule has 0 aliphatic carbocycles. The molecule has 14 heteroatoms. The lowest BCUT2D eigenvalue weighted by Gasteiger charge is -2.28. The summed E-state index contributed by atoms with van der Waals surface area (Å²) in [6, 6.07) is 8.47. The number of non-ortho nitro benzene ring substituents is 1. The van der Waals surface area contributed by atoms with E-state index in [1.165, 1.54) is 51.7 Å². The van der Waals surface area contributed by atoms with E-state index >= 15 is 0 Å². The van der Waals surface area contributed by atoms with Gasteiger partial charge in [0.05, 0.1) is 26.3 Å². The summed E-state index contributed by atoms with van der Waals surface area (Å²) in [5, 5.41) is 18.8. The van der Waals surface area contributed by atoms with Gasteiger partial charge in [-0.2, -0.15) is 0 Å². The van der Waals surface area contributed by atoms with E-state index in [1.807, 2.05) is 0 Å². The number of methoxy groups -OCH3 is 3. The number of alkyl halides is 3. The molecule has 0 aliphatic rings. The van der Waals surface area contributed by atoms with Gasteiger partial charge in [0.1, 0.15) is 6.17 Å². The summed E-state index contributed by atoms with van der Waals surface area (Å²) in [6.07, 6.45) is -1.28. The maximum Gasteiger partial charge on any atom is 0.271 e. The average molecular weight is 538 g/mol. The van der Waals surface area contributed by atoms with E-state index in [4.69, 9.17) is 61.2 Å². The molecule has 0 saturated heterocycles. The number of carbonyl (C=O) groups is 1. The monoisotopic (exact) mass is 536 g/mol. The van der Waals surface area contributed by atoms with E-state index in [2.05, 4.69) is 16.0 Å². The normalized spacial score (nSPS) is 11.7. The minimum absolute atomic E-state index is 0.0583. The molecule has 0 radical (unpaired) electrons. The van der Waals surface area contributed by atoms with Gasteiger partial charge in [-0.05, 0) is 30.4 Å². The number of halogens is 3. The second-order valence-electron chi connectivity index (χ2n) is 6.27. The second kappa shape index (κ2) is 11.4. The predicted molar refractivity (Wildman–Crippen MR) is 130 cm³/mol. The maximum atomic E-state index is 12.9. The van der Waals surface area contributed by atoms with Crippen LogP contribution in [0.5, 0.6) is 17.2 Å². The molecule has 0 aromatic heterocycles. The van der Waals surface area contributed by atoms with Crippen LogP contribution in [0.3, 0.4) is 0 Å². The fourth-order valence-electron chi connectivity index (χ4n) is 2.62. The van der Waals surface area contributed by atoms with Gasteiger partial charge in [-0.1, -0.05) is 40.9 Å². The van der Waals surface area contributed by atoms with Gasteiger partial charge in [0.25, 0.3) is 11.6 Å². The van der Waals surface area contributed by atoms with Crippen LogP contribution in [0.15, 0.2) is 36.4 Å². The summed E-state index contributed by atoms with van der Waals surface area (Å²) in [4.78, 5) is 23.3. The van der Waals surface area contributed by atoms with Gasteiger partial charge >= 0.3 is 0 Å². The number of hydrogen-bond donors (Lipinski definition) is 3. The van der Waals surface area contributed by atoms with E-state index in [-0.39, 0.29) is 27.9 Å². The number of ether oxygens (including phenoxy) is 3. The number of nitro groups is 1. The largest absolute Gasteiger partial charge is 0.493 e. The molecule has 1 atom stereocenters. The average Bonchev–Trinajstić information content (AvgIpc) is 2.76.